The third-order valence-corrected chi connectivity index (χ3v) is 1.68. The minimum atomic E-state index is -0.0728. The number of hydrogen-bond donors (Lipinski definition) is 0. The van der Waals surface area contributed by atoms with Crippen molar-refractivity contribution < 1.29 is 9.32 Å². The van der Waals surface area contributed by atoms with E-state index in [0.717, 1.165) is 5.75 Å². The zero-order valence-corrected chi connectivity index (χ0v) is 7.20. The molecule has 11 heavy (non-hydrogen) atoms. The average molecular weight is 168 g/mol. The molecule has 0 aliphatic heterocycles. The highest BCUT2D eigenvalue weighted by molar-refractivity contribution is 7.53. The Labute approximate surface area is 67.4 Å². The number of carbonyl (C=O) groups is 1. The van der Waals surface area contributed by atoms with Crippen LogP contribution in [0.3, 0.4) is 0 Å². The lowest BCUT2D eigenvalue weighted by Gasteiger charge is -2.00. The Morgan fingerprint density at radius 1 is 1.36 bits per heavy atom. The molecule has 0 aliphatic rings. The molecule has 1 atom stereocenters. The van der Waals surface area contributed by atoms with E-state index in [2.05, 4.69) is 0 Å². The largest absolute Gasteiger partial charge is 0.469 e. The summed E-state index contributed by atoms with van der Waals surface area (Å²) in [6.45, 7) is 1.52. The third kappa shape index (κ3) is 3.15. The van der Waals surface area contributed by atoms with Crippen molar-refractivity contribution in [2.45, 2.75) is 6.92 Å². The fraction of sp³-hybridized carbons (Fsp3) is 0.125. The smallest absolute Gasteiger partial charge is 0.188 e. The number of benzene rings is 1. The lowest BCUT2D eigenvalue weighted by atomic mass is 10.3. The van der Waals surface area contributed by atoms with Crippen LogP contribution in [0.15, 0.2) is 30.3 Å². The minimum absolute atomic E-state index is 0.0638. The van der Waals surface area contributed by atoms with Gasteiger partial charge in [-0.25, -0.2) is 0 Å². The monoisotopic (exact) mass is 168 g/mol. The number of carbonyl (C=O) groups excluding carboxylic acids is 1. The van der Waals surface area contributed by atoms with Crippen molar-refractivity contribution in [3.05, 3.63) is 30.3 Å². The molecule has 58 valence electrons. The van der Waals surface area contributed by atoms with Gasteiger partial charge in [-0.05, 0) is 12.1 Å². The van der Waals surface area contributed by atoms with E-state index in [-0.39, 0.29) is 14.3 Å². The molecule has 0 aromatic heterocycles. The van der Waals surface area contributed by atoms with Crippen LogP contribution < -0.4 is 4.52 Å². The fourth-order valence-electron chi connectivity index (χ4n) is 0.619. The Morgan fingerprint density at radius 3 is 2.55 bits per heavy atom. The number of hydrogen-bond acceptors (Lipinski definition) is 2. The molecule has 0 N–H and O–H groups in total. The van der Waals surface area contributed by atoms with Crippen LogP contribution in [0.5, 0.6) is 5.75 Å². The summed E-state index contributed by atoms with van der Waals surface area (Å²) in [6.07, 6.45) is 0. The Hall–Kier alpha value is -0.880. The second kappa shape index (κ2) is 4.09. The van der Waals surface area contributed by atoms with Gasteiger partial charge < -0.3 is 4.52 Å². The average Bonchev–Trinajstić information content (AvgIpc) is 2.03. The van der Waals surface area contributed by atoms with Gasteiger partial charge in [0.15, 0.2) is 5.52 Å². The lowest BCUT2D eigenvalue weighted by Crippen LogP contribution is -1.83. The van der Waals surface area contributed by atoms with Crippen LogP contribution in [0.2, 0.25) is 0 Å². The predicted octanol–water partition coefficient (Wildman–Crippen LogP) is 2.21. The SMILES string of the molecule is CC(=O)POc1ccccc1. The van der Waals surface area contributed by atoms with Crippen molar-refractivity contribution in [3.63, 3.8) is 0 Å². The van der Waals surface area contributed by atoms with E-state index >= 15 is 0 Å². The second-order valence-corrected chi connectivity index (χ2v) is 3.19. The molecule has 0 spiro atoms. The summed E-state index contributed by atoms with van der Waals surface area (Å²) < 4.78 is 5.15. The highest BCUT2D eigenvalue weighted by atomic mass is 31.1. The summed E-state index contributed by atoms with van der Waals surface area (Å²) in [4.78, 5) is 10.5. The number of para-hydroxylation sites is 1. The van der Waals surface area contributed by atoms with E-state index in [4.69, 9.17) is 4.52 Å². The van der Waals surface area contributed by atoms with Gasteiger partial charge in [-0.15, -0.1) is 0 Å². The summed E-state index contributed by atoms with van der Waals surface area (Å²) >= 11 is 0. The Kier molecular flexibility index (Phi) is 3.06. The molecule has 1 aromatic rings. The summed E-state index contributed by atoms with van der Waals surface area (Å²) in [5.74, 6) is 0.751. The molecule has 2 nitrogen and oxygen atoms in total. The fourth-order valence-corrected chi connectivity index (χ4v) is 1.02. The molecule has 0 saturated carbocycles. The number of rotatable bonds is 3. The minimum Gasteiger partial charge on any atom is -0.469 e. The van der Waals surface area contributed by atoms with E-state index in [1.54, 1.807) is 0 Å². The van der Waals surface area contributed by atoms with Crippen LogP contribution in [0.4, 0.5) is 0 Å². The van der Waals surface area contributed by atoms with E-state index in [1.165, 1.54) is 6.92 Å². The van der Waals surface area contributed by atoms with Crippen molar-refractivity contribution in [1.82, 2.24) is 0 Å². The normalized spacial score (nSPS) is 10.3. The van der Waals surface area contributed by atoms with Crippen LogP contribution in [0, 0.1) is 0 Å². The maximum Gasteiger partial charge on any atom is 0.188 e. The van der Waals surface area contributed by atoms with Gasteiger partial charge in [0.05, 0.1) is 0 Å². The van der Waals surface area contributed by atoms with Gasteiger partial charge in [-0.2, -0.15) is 0 Å². The zero-order chi connectivity index (χ0) is 8.10. The van der Waals surface area contributed by atoms with Crippen LogP contribution in [-0.4, -0.2) is 5.52 Å². The molecule has 0 radical (unpaired) electrons. The van der Waals surface area contributed by atoms with E-state index < -0.39 is 0 Å². The quantitative estimate of drug-likeness (QED) is 0.646. The van der Waals surface area contributed by atoms with Crippen molar-refractivity contribution in [2.75, 3.05) is 0 Å². The topological polar surface area (TPSA) is 26.3 Å². The molecule has 0 bridgehead atoms. The predicted molar refractivity (Wildman–Crippen MR) is 46.1 cm³/mol. The third-order valence-electron chi connectivity index (χ3n) is 1.06. The van der Waals surface area contributed by atoms with Crippen LogP contribution in [-0.2, 0) is 4.79 Å². The first-order chi connectivity index (χ1) is 5.29. The standard InChI is InChI=1S/C8H9O2P/c1-7(9)11-10-8-5-3-2-4-6-8/h2-6,11H,1H3. The summed E-state index contributed by atoms with van der Waals surface area (Å²) in [7, 11) is -0.0728. The van der Waals surface area contributed by atoms with Crippen molar-refractivity contribution in [2.24, 2.45) is 0 Å². The highest BCUT2D eigenvalue weighted by Gasteiger charge is 1.94. The summed E-state index contributed by atoms with van der Waals surface area (Å²) in [6, 6.07) is 9.31. The van der Waals surface area contributed by atoms with Crippen molar-refractivity contribution >= 4 is 14.3 Å². The summed E-state index contributed by atoms with van der Waals surface area (Å²) in [5, 5.41) is 0. The van der Waals surface area contributed by atoms with Gasteiger partial charge in [0.1, 0.15) is 14.6 Å². The first-order valence-corrected chi connectivity index (χ1v) is 4.18. The lowest BCUT2D eigenvalue weighted by molar-refractivity contribution is -0.109. The molecule has 0 amide bonds. The van der Waals surface area contributed by atoms with E-state index in [9.17, 15) is 4.79 Å². The maximum absolute atomic E-state index is 10.5. The molecule has 1 rings (SSSR count). The van der Waals surface area contributed by atoms with Gasteiger partial charge in [0, 0.05) is 6.92 Å². The van der Waals surface area contributed by atoms with Crippen LogP contribution in [0.25, 0.3) is 0 Å². The molecule has 3 heteroatoms. The van der Waals surface area contributed by atoms with Gasteiger partial charge in [-0.3, -0.25) is 4.79 Å². The first kappa shape index (κ1) is 8.22. The zero-order valence-electron chi connectivity index (χ0n) is 6.20. The molecule has 0 fully saturated rings. The summed E-state index contributed by atoms with van der Waals surface area (Å²) in [5.41, 5.74) is 0.0638. The molecule has 0 heterocycles. The van der Waals surface area contributed by atoms with E-state index in [1.807, 2.05) is 30.3 Å². The maximum atomic E-state index is 10.5. The van der Waals surface area contributed by atoms with Gasteiger partial charge in [-0.1, -0.05) is 18.2 Å². The Bertz CT molecular complexity index is 233. The molecular formula is C8H9O2P. The van der Waals surface area contributed by atoms with Crippen molar-refractivity contribution in [1.29, 1.82) is 0 Å². The van der Waals surface area contributed by atoms with E-state index in [0.29, 0.717) is 0 Å². The van der Waals surface area contributed by atoms with Gasteiger partial charge in [0.2, 0.25) is 0 Å². The van der Waals surface area contributed by atoms with Gasteiger partial charge >= 0.3 is 0 Å². The Morgan fingerprint density at radius 2 is 2.00 bits per heavy atom. The van der Waals surface area contributed by atoms with Gasteiger partial charge in [0.25, 0.3) is 0 Å². The van der Waals surface area contributed by atoms with Crippen molar-refractivity contribution in [3.8, 4) is 5.75 Å². The van der Waals surface area contributed by atoms with Crippen LogP contribution >= 0.6 is 8.81 Å². The molecule has 1 unspecified atom stereocenters. The molecule has 0 aliphatic carbocycles. The molecule has 0 saturated heterocycles. The first-order valence-electron chi connectivity index (χ1n) is 3.27. The Balaban J connectivity index is 2.45. The second-order valence-electron chi connectivity index (χ2n) is 2.07. The van der Waals surface area contributed by atoms with Crippen LogP contribution in [0.1, 0.15) is 6.92 Å². The molecule has 1 aromatic carbocycles. The highest BCUT2D eigenvalue weighted by Crippen LogP contribution is 2.19. The molecular weight excluding hydrogens is 159 g/mol.